The van der Waals surface area contributed by atoms with Crippen molar-refractivity contribution in [2.75, 3.05) is 30.3 Å². The van der Waals surface area contributed by atoms with Crippen molar-refractivity contribution in [1.82, 2.24) is 29.0 Å². The number of nitrogens with two attached hydrogens (primary N) is 1. The van der Waals surface area contributed by atoms with Crippen LogP contribution in [0.3, 0.4) is 0 Å². The Bertz CT molecular complexity index is 3340. The molecule has 5 heterocycles. The predicted octanol–water partition coefficient (Wildman–Crippen LogP) is 8.28. The Morgan fingerprint density at radius 2 is 1.33 bits per heavy atom. The van der Waals surface area contributed by atoms with Gasteiger partial charge in [-0.2, -0.15) is 30.6 Å². The van der Waals surface area contributed by atoms with Crippen LogP contribution in [0, 0.1) is 0 Å². The average Bonchev–Trinajstić information content (AvgIpc) is 3.30. The number of fused-ring (bicyclic) bond motifs is 2. The Labute approximate surface area is 397 Å². The van der Waals surface area contributed by atoms with Gasteiger partial charge in [0.25, 0.3) is 0 Å². The number of nitrogens with zero attached hydrogens (tertiary/aromatic N) is 6. The number of rotatable bonds is 11. The summed E-state index contributed by atoms with van der Waals surface area (Å²) < 4.78 is 135. The Kier molecular flexibility index (Phi) is 13.3. The highest BCUT2D eigenvalue weighted by atomic mass is 32.2. The first-order chi connectivity index (χ1) is 33.0. The molecular weight excluding hydrogens is 963 g/mol. The van der Waals surface area contributed by atoms with Crippen molar-refractivity contribution in [3.05, 3.63) is 150 Å². The standard InChI is InChI=1S/C24H22F3N5O3S.C23H20F3N5O2S/c1-23(2,13-33)32-36(34,35)17-8-6-16(7-9-17)31-22-18-10-5-15(12-20(18)29-14-30-22)21-19(24(25,26)27)4-3-11-28-21;24-23(25,26)19-3-1-10-28-21(19)15-4-9-18-20(13-15)29-14-30-22(18,27)16-5-7-17(8-6-16)34(32,33)31-11-2-12-31/h3-12,14,32-33H,13H2,1-2H3,(H,29,30,31);1,3-10,13-14H,2,11-12,27H2,(H,29,30). The maximum absolute atomic E-state index is 13.5. The quantitative estimate of drug-likeness (QED) is 0.0774. The van der Waals surface area contributed by atoms with Gasteiger partial charge in [0.05, 0.1) is 56.3 Å². The molecule has 9 rings (SSSR count). The smallest absolute Gasteiger partial charge is 0.394 e. The molecule has 3 aromatic heterocycles. The number of nitrogens with one attached hydrogen (secondary N) is 3. The van der Waals surface area contributed by atoms with Crippen molar-refractivity contribution in [3.63, 3.8) is 0 Å². The summed E-state index contributed by atoms with van der Waals surface area (Å²) in [5.41, 5.74) is 5.20. The molecule has 7 aromatic rings. The molecule has 0 aliphatic carbocycles. The fourth-order valence-electron chi connectivity index (χ4n) is 7.55. The Morgan fingerprint density at radius 3 is 1.90 bits per heavy atom. The molecule has 364 valence electrons. The van der Waals surface area contributed by atoms with Crippen LogP contribution in [-0.4, -0.2) is 77.8 Å². The molecule has 1 saturated heterocycles. The summed E-state index contributed by atoms with van der Waals surface area (Å²) in [5, 5.41) is 15.9. The molecule has 0 saturated carbocycles. The summed E-state index contributed by atoms with van der Waals surface area (Å²) >= 11 is 0. The first-order valence-corrected chi connectivity index (χ1v) is 24.1. The van der Waals surface area contributed by atoms with Crippen LogP contribution in [0.25, 0.3) is 33.4 Å². The summed E-state index contributed by atoms with van der Waals surface area (Å²) in [5.74, 6) is 0.388. The third-order valence-corrected chi connectivity index (χ3v) is 14.9. The van der Waals surface area contributed by atoms with Crippen LogP contribution in [0.2, 0.25) is 0 Å². The molecule has 23 heteroatoms. The van der Waals surface area contributed by atoms with Gasteiger partial charge in [-0.1, -0.05) is 30.3 Å². The molecule has 70 heavy (non-hydrogen) atoms. The highest BCUT2D eigenvalue weighted by Gasteiger charge is 2.38. The van der Waals surface area contributed by atoms with E-state index in [0.717, 1.165) is 18.6 Å². The topological polar surface area (TPSA) is 218 Å². The van der Waals surface area contributed by atoms with Crippen LogP contribution in [0.15, 0.2) is 143 Å². The zero-order valence-corrected chi connectivity index (χ0v) is 38.6. The number of benzene rings is 4. The third kappa shape index (κ3) is 10.2. The van der Waals surface area contributed by atoms with E-state index in [1.54, 1.807) is 56.3 Å². The zero-order chi connectivity index (χ0) is 50.3. The highest BCUT2D eigenvalue weighted by molar-refractivity contribution is 7.89. The van der Waals surface area contributed by atoms with Crippen molar-refractivity contribution in [1.29, 1.82) is 0 Å². The molecule has 0 radical (unpaired) electrons. The predicted molar refractivity (Wildman–Crippen MR) is 251 cm³/mol. The number of halogens is 6. The number of pyridine rings is 2. The number of hydrogen-bond acceptors (Lipinski definition) is 13. The van der Waals surface area contributed by atoms with Crippen LogP contribution in [0.5, 0.6) is 0 Å². The van der Waals surface area contributed by atoms with E-state index < -0.39 is 54.7 Å². The van der Waals surface area contributed by atoms with E-state index in [0.29, 0.717) is 52.3 Å². The van der Waals surface area contributed by atoms with Gasteiger partial charge >= 0.3 is 12.4 Å². The molecule has 2 aliphatic heterocycles. The SMILES string of the molecule is CC(C)(CO)NS(=O)(=O)c1ccc(Nc2ncnc3cc(-c4ncccc4C(F)(F)F)ccc23)cc1.NC1(c2ccc(S(=O)(=O)N3CCC3)cc2)N=CNc2cc(-c3ncccc3C(F)(F)F)ccc21. The minimum absolute atomic E-state index is 0.0163. The molecule has 0 spiro atoms. The summed E-state index contributed by atoms with van der Waals surface area (Å²) in [4.78, 5) is 20.8. The molecule has 1 unspecified atom stereocenters. The van der Waals surface area contributed by atoms with Crippen LogP contribution < -0.4 is 21.1 Å². The van der Waals surface area contributed by atoms with Crippen molar-refractivity contribution in [2.45, 2.75) is 53.6 Å². The molecule has 1 atom stereocenters. The number of aliphatic imine (C=N–C) groups is 1. The minimum atomic E-state index is -4.56. The molecule has 6 N–H and O–H groups in total. The number of aliphatic hydroxyl groups excluding tert-OH is 1. The van der Waals surface area contributed by atoms with E-state index in [1.165, 1.54) is 84.0 Å². The number of sulfonamides is 2. The van der Waals surface area contributed by atoms with E-state index >= 15 is 0 Å². The third-order valence-electron chi connectivity index (χ3n) is 11.3. The second-order valence-corrected chi connectivity index (χ2v) is 20.4. The number of aliphatic hydroxyl groups is 1. The normalized spacial score (nSPS) is 16.4. The second-order valence-electron chi connectivity index (χ2n) is 16.8. The summed E-state index contributed by atoms with van der Waals surface area (Å²) in [6.45, 7) is 3.76. The van der Waals surface area contributed by atoms with E-state index in [1.807, 2.05) is 0 Å². The average molecular weight is 1010 g/mol. The molecule has 0 bridgehead atoms. The van der Waals surface area contributed by atoms with Gasteiger partial charge < -0.3 is 15.7 Å². The first kappa shape index (κ1) is 49.5. The molecule has 4 aromatic carbocycles. The van der Waals surface area contributed by atoms with E-state index in [-0.39, 0.29) is 38.9 Å². The molecule has 2 aliphatic rings. The van der Waals surface area contributed by atoms with Crippen molar-refractivity contribution in [2.24, 2.45) is 10.7 Å². The van der Waals surface area contributed by atoms with E-state index in [4.69, 9.17) is 5.73 Å². The number of aromatic nitrogens is 4. The lowest BCUT2D eigenvalue weighted by Crippen LogP contribution is -2.46. The fourth-order valence-corrected chi connectivity index (χ4v) is 10.5. The lowest BCUT2D eigenvalue weighted by Gasteiger charge is -2.32. The maximum atomic E-state index is 13.5. The maximum Gasteiger partial charge on any atom is 0.418 e. The van der Waals surface area contributed by atoms with Crippen LogP contribution in [0.1, 0.15) is 42.5 Å². The number of alkyl halides is 6. The van der Waals surface area contributed by atoms with Crippen molar-refractivity contribution >= 4 is 54.5 Å². The van der Waals surface area contributed by atoms with Gasteiger partial charge in [0.2, 0.25) is 20.0 Å². The summed E-state index contributed by atoms with van der Waals surface area (Å²) in [6, 6.07) is 25.8. The Hall–Kier alpha value is -6.89. The van der Waals surface area contributed by atoms with Gasteiger partial charge in [0.15, 0.2) is 5.66 Å². The van der Waals surface area contributed by atoms with Crippen LogP contribution in [0.4, 0.5) is 43.5 Å². The molecular formula is C47H42F6N10O5S2. The van der Waals surface area contributed by atoms with Gasteiger partial charge in [-0.05, 0) is 105 Å². The van der Waals surface area contributed by atoms with E-state index in [9.17, 15) is 48.3 Å². The van der Waals surface area contributed by atoms with Crippen LogP contribution in [-0.2, 0) is 38.1 Å². The van der Waals surface area contributed by atoms with Gasteiger partial charge in [-0.3, -0.25) is 15.7 Å². The number of anilines is 3. The van der Waals surface area contributed by atoms with Gasteiger partial charge in [0.1, 0.15) is 12.1 Å². The summed E-state index contributed by atoms with van der Waals surface area (Å²) in [7, 11) is -7.39. The largest absolute Gasteiger partial charge is 0.418 e. The van der Waals surface area contributed by atoms with Crippen molar-refractivity contribution in [3.8, 4) is 22.5 Å². The van der Waals surface area contributed by atoms with Crippen LogP contribution >= 0.6 is 0 Å². The first-order valence-electron chi connectivity index (χ1n) is 21.2. The number of hydrogen-bond donors (Lipinski definition) is 5. The minimum Gasteiger partial charge on any atom is -0.394 e. The highest BCUT2D eigenvalue weighted by Crippen LogP contribution is 2.42. The van der Waals surface area contributed by atoms with Crippen molar-refractivity contribution < 1.29 is 48.3 Å². The summed E-state index contributed by atoms with van der Waals surface area (Å²) in [6.07, 6.45) is -3.01. The molecule has 1 fully saturated rings. The lowest BCUT2D eigenvalue weighted by molar-refractivity contribution is -0.138. The van der Waals surface area contributed by atoms with Gasteiger partial charge in [0, 0.05) is 58.9 Å². The Balaban J connectivity index is 0.000000188. The monoisotopic (exact) mass is 1000 g/mol. The van der Waals surface area contributed by atoms with Gasteiger partial charge in [-0.25, -0.2) is 36.5 Å². The molecule has 0 amide bonds. The second kappa shape index (κ2) is 18.8. The van der Waals surface area contributed by atoms with Gasteiger partial charge in [-0.15, -0.1) is 0 Å². The Morgan fingerprint density at radius 1 is 0.743 bits per heavy atom. The van der Waals surface area contributed by atoms with E-state index in [2.05, 4.69) is 40.3 Å². The lowest BCUT2D eigenvalue weighted by atomic mass is 9.89. The fraction of sp³-hybridized carbons (Fsp3) is 0.213. The molecule has 15 nitrogen and oxygen atoms in total. The zero-order valence-electron chi connectivity index (χ0n) is 37.0.